The topological polar surface area (TPSA) is 42.2 Å². The molecule has 0 spiro atoms. The van der Waals surface area contributed by atoms with Crippen LogP contribution in [0.15, 0.2) is 54.1 Å². The number of thiocarbonyl (C=S) groups is 1. The first kappa shape index (κ1) is 15.9. The van der Waals surface area contributed by atoms with Crippen molar-refractivity contribution in [3.05, 3.63) is 51.0 Å². The Morgan fingerprint density at radius 3 is 2.73 bits per heavy atom. The average molecular weight is 412 g/mol. The van der Waals surface area contributed by atoms with Crippen LogP contribution < -0.4 is 5.32 Å². The zero-order valence-corrected chi connectivity index (χ0v) is 15.4. The van der Waals surface area contributed by atoms with Gasteiger partial charge in [0.2, 0.25) is 0 Å². The second-order valence-corrected chi connectivity index (χ2v) is 8.17. The van der Waals surface area contributed by atoms with E-state index in [1.54, 1.807) is 6.08 Å². The van der Waals surface area contributed by atoms with Crippen molar-refractivity contribution in [1.82, 2.24) is 5.32 Å². The summed E-state index contributed by atoms with van der Waals surface area (Å²) in [5.41, 5.74) is 1.22. The van der Waals surface area contributed by atoms with Gasteiger partial charge in [-0.15, -0.1) is 0 Å². The Labute approximate surface area is 150 Å². The summed E-state index contributed by atoms with van der Waals surface area (Å²) in [6, 6.07) is 10.1. The molecule has 0 aliphatic carbocycles. The quantitative estimate of drug-likeness (QED) is 0.568. The average Bonchev–Trinajstić information content (AvgIpc) is 2.96. The van der Waals surface area contributed by atoms with Crippen molar-refractivity contribution in [2.24, 2.45) is 0 Å². The van der Waals surface area contributed by atoms with Crippen LogP contribution in [0, 0.1) is 6.92 Å². The van der Waals surface area contributed by atoms with E-state index in [1.165, 1.54) is 29.1 Å². The van der Waals surface area contributed by atoms with E-state index in [-0.39, 0.29) is 5.91 Å². The van der Waals surface area contributed by atoms with E-state index in [0.29, 0.717) is 15.0 Å². The molecule has 7 heteroatoms. The molecule has 22 heavy (non-hydrogen) atoms. The molecule has 2 heterocycles. The third kappa shape index (κ3) is 3.65. The summed E-state index contributed by atoms with van der Waals surface area (Å²) in [4.78, 5) is 13.3. The van der Waals surface area contributed by atoms with E-state index in [2.05, 4.69) is 40.3 Å². The van der Waals surface area contributed by atoms with Crippen molar-refractivity contribution >= 4 is 68.0 Å². The van der Waals surface area contributed by atoms with Crippen molar-refractivity contribution in [2.75, 3.05) is 0 Å². The van der Waals surface area contributed by atoms with Gasteiger partial charge < -0.3 is 9.73 Å². The molecule has 0 saturated carbocycles. The number of rotatable bonds is 3. The summed E-state index contributed by atoms with van der Waals surface area (Å²) in [7, 11) is 0. The normalized spacial score (nSPS) is 16.4. The lowest BCUT2D eigenvalue weighted by atomic mass is 10.2. The molecule has 0 bridgehead atoms. The molecule has 1 aliphatic heterocycles. The smallest absolute Gasteiger partial charge is 0.263 e. The van der Waals surface area contributed by atoms with Crippen LogP contribution in [-0.2, 0) is 4.79 Å². The zero-order chi connectivity index (χ0) is 15.7. The second-order valence-electron chi connectivity index (χ2n) is 4.55. The monoisotopic (exact) mass is 411 g/mol. The van der Waals surface area contributed by atoms with Gasteiger partial charge in [-0.1, -0.05) is 53.4 Å². The van der Waals surface area contributed by atoms with Crippen molar-refractivity contribution in [3.8, 4) is 0 Å². The number of amides is 1. The lowest BCUT2D eigenvalue weighted by Crippen LogP contribution is -2.17. The Hall–Kier alpha value is -1.02. The first-order valence-corrected chi connectivity index (χ1v) is 9.13. The van der Waals surface area contributed by atoms with E-state index in [0.717, 1.165) is 14.5 Å². The first-order chi connectivity index (χ1) is 10.5. The summed E-state index contributed by atoms with van der Waals surface area (Å²) in [5, 5.41) is 3.33. The fraction of sp³-hybridized carbons (Fsp3) is 0.0667. The number of nitrogens with one attached hydrogen (secondary N) is 1. The van der Waals surface area contributed by atoms with Crippen LogP contribution in [0.5, 0.6) is 0 Å². The molecule has 1 amide bonds. The van der Waals surface area contributed by atoms with Crippen LogP contribution in [-0.4, -0.2) is 10.2 Å². The third-order valence-electron chi connectivity index (χ3n) is 2.82. The van der Waals surface area contributed by atoms with Gasteiger partial charge >= 0.3 is 0 Å². The minimum Gasteiger partial charge on any atom is -0.449 e. The Morgan fingerprint density at radius 2 is 2.09 bits per heavy atom. The minimum atomic E-state index is -0.185. The Balaban J connectivity index is 1.82. The zero-order valence-electron chi connectivity index (χ0n) is 11.4. The molecular formula is C15H10BrNO2S3. The number of thioether (sulfide) groups is 1. The molecule has 112 valence electrons. The number of halogens is 1. The highest BCUT2D eigenvalue weighted by Crippen LogP contribution is 2.37. The van der Waals surface area contributed by atoms with Crippen molar-refractivity contribution < 1.29 is 9.21 Å². The number of carbonyl (C=O) groups is 1. The van der Waals surface area contributed by atoms with Crippen LogP contribution >= 0.6 is 51.7 Å². The van der Waals surface area contributed by atoms with Gasteiger partial charge in [0.1, 0.15) is 10.1 Å². The molecule has 1 aliphatic rings. The lowest BCUT2D eigenvalue weighted by Gasteiger charge is -1.99. The summed E-state index contributed by atoms with van der Waals surface area (Å²) in [6.45, 7) is 2.05. The standard InChI is InChI=1S/C15H10BrNO2S3/c1-8-2-4-10(5-3-8)21-14-11(16)6-9(19-14)7-12-13(18)17-15(20)22-12/h2-7H,1H3,(H,17,18,20)/b12-7+. The number of benzene rings is 1. The summed E-state index contributed by atoms with van der Waals surface area (Å²) in [6.07, 6.45) is 1.70. The van der Waals surface area contributed by atoms with E-state index in [4.69, 9.17) is 16.6 Å². The molecule has 0 unspecified atom stereocenters. The molecule has 2 aromatic rings. The molecule has 1 fully saturated rings. The minimum absolute atomic E-state index is 0.185. The highest BCUT2D eigenvalue weighted by atomic mass is 79.9. The lowest BCUT2D eigenvalue weighted by molar-refractivity contribution is -0.115. The number of furan rings is 1. The van der Waals surface area contributed by atoms with Crippen LogP contribution in [0.2, 0.25) is 0 Å². The predicted octanol–water partition coefficient (Wildman–Crippen LogP) is 4.99. The molecule has 1 saturated heterocycles. The fourth-order valence-corrected chi connectivity index (χ4v) is 4.13. The molecule has 1 aromatic heterocycles. The van der Waals surface area contributed by atoms with Gasteiger partial charge in [0.25, 0.3) is 5.91 Å². The van der Waals surface area contributed by atoms with E-state index < -0.39 is 0 Å². The summed E-state index contributed by atoms with van der Waals surface area (Å²) < 4.78 is 7.12. The van der Waals surface area contributed by atoms with Gasteiger partial charge in [-0.3, -0.25) is 4.79 Å². The van der Waals surface area contributed by atoms with Gasteiger partial charge in [-0.05, 0) is 41.1 Å². The van der Waals surface area contributed by atoms with Crippen LogP contribution in [0.1, 0.15) is 11.3 Å². The van der Waals surface area contributed by atoms with Crippen LogP contribution in [0.25, 0.3) is 6.08 Å². The van der Waals surface area contributed by atoms with E-state index in [9.17, 15) is 4.79 Å². The van der Waals surface area contributed by atoms with Gasteiger partial charge in [0, 0.05) is 11.0 Å². The van der Waals surface area contributed by atoms with Crippen molar-refractivity contribution in [1.29, 1.82) is 0 Å². The molecular weight excluding hydrogens is 402 g/mol. The third-order valence-corrected chi connectivity index (χ3v) is 5.83. The largest absolute Gasteiger partial charge is 0.449 e. The number of carbonyl (C=O) groups excluding carboxylic acids is 1. The SMILES string of the molecule is Cc1ccc(Sc2oc(/C=C3/SC(=S)NC3=O)cc2Br)cc1. The molecule has 0 radical (unpaired) electrons. The van der Waals surface area contributed by atoms with Gasteiger partial charge in [0.15, 0.2) is 5.09 Å². The number of aryl methyl sites for hydroxylation is 1. The van der Waals surface area contributed by atoms with Crippen molar-refractivity contribution in [3.63, 3.8) is 0 Å². The highest BCUT2D eigenvalue weighted by molar-refractivity contribution is 9.10. The van der Waals surface area contributed by atoms with E-state index >= 15 is 0 Å². The molecule has 3 rings (SSSR count). The highest BCUT2D eigenvalue weighted by Gasteiger charge is 2.23. The summed E-state index contributed by atoms with van der Waals surface area (Å²) >= 11 is 11.2. The maximum atomic E-state index is 11.7. The van der Waals surface area contributed by atoms with Crippen LogP contribution in [0.3, 0.4) is 0 Å². The van der Waals surface area contributed by atoms with Gasteiger partial charge in [-0.25, -0.2) is 0 Å². The first-order valence-electron chi connectivity index (χ1n) is 6.30. The number of hydrogen-bond donors (Lipinski definition) is 1. The Bertz CT molecular complexity index is 781. The maximum absolute atomic E-state index is 11.7. The van der Waals surface area contributed by atoms with Crippen molar-refractivity contribution in [2.45, 2.75) is 16.9 Å². The Kier molecular flexibility index (Phi) is 4.77. The maximum Gasteiger partial charge on any atom is 0.263 e. The molecule has 1 N–H and O–H groups in total. The second kappa shape index (κ2) is 6.62. The summed E-state index contributed by atoms with van der Waals surface area (Å²) in [5.74, 6) is 0.430. The van der Waals surface area contributed by atoms with Gasteiger partial charge in [-0.2, -0.15) is 0 Å². The molecule has 0 atom stereocenters. The van der Waals surface area contributed by atoms with E-state index in [1.807, 2.05) is 18.2 Å². The molecule has 3 nitrogen and oxygen atoms in total. The Morgan fingerprint density at radius 1 is 1.36 bits per heavy atom. The van der Waals surface area contributed by atoms with Crippen LogP contribution in [0.4, 0.5) is 0 Å². The molecule has 1 aromatic carbocycles. The fourth-order valence-electron chi connectivity index (χ4n) is 1.77. The number of hydrogen-bond acceptors (Lipinski definition) is 5. The predicted molar refractivity (Wildman–Crippen MR) is 98.0 cm³/mol. The van der Waals surface area contributed by atoms with Gasteiger partial charge in [0.05, 0.1) is 9.38 Å².